The minimum atomic E-state index is 0. The Balaban J connectivity index is 0.00000220. The zero-order valence-corrected chi connectivity index (χ0v) is 13.8. The van der Waals surface area contributed by atoms with Crippen LogP contribution >= 0.6 is 24.0 Å². The number of hydrogen-bond donors (Lipinski definition) is 1. The van der Waals surface area contributed by atoms with Crippen LogP contribution in [0.5, 0.6) is 0 Å². The largest absolute Gasteiger partial charge is 0.324 e. The lowest BCUT2D eigenvalue weighted by atomic mass is 9.96. The van der Waals surface area contributed by atoms with Crippen LogP contribution in [0.2, 0.25) is 0 Å². The third-order valence-corrected chi connectivity index (χ3v) is 3.81. The molecule has 0 bridgehead atoms. The highest BCUT2D eigenvalue weighted by Crippen LogP contribution is 2.26. The molecule has 0 aliphatic carbocycles. The van der Waals surface area contributed by atoms with Crippen LogP contribution in [0.3, 0.4) is 0 Å². The molecule has 2 rings (SSSR count). The van der Waals surface area contributed by atoms with E-state index in [4.69, 9.17) is 17.3 Å². The first-order chi connectivity index (χ1) is 9.72. The van der Waals surface area contributed by atoms with Crippen molar-refractivity contribution in [1.82, 2.24) is 4.98 Å². The summed E-state index contributed by atoms with van der Waals surface area (Å²) in [5.74, 6) is 0.711. The van der Waals surface area contributed by atoms with Crippen LogP contribution in [0.1, 0.15) is 36.4 Å². The predicted molar refractivity (Wildman–Crippen MR) is 93.2 cm³/mol. The van der Waals surface area contributed by atoms with Gasteiger partial charge in [-0.1, -0.05) is 24.6 Å². The summed E-state index contributed by atoms with van der Waals surface area (Å²) in [6.07, 6.45) is 6.80. The van der Waals surface area contributed by atoms with Gasteiger partial charge in [0.25, 0.3) is 0 Å². The molecule has 0 spiro atoms. The minimum Gasteiger partial charge on any atom is -0.324 e. The van der Waals surface area contributed by atoms with Crippen molar-refractivity contribution in [1.29, 1.82) is 0 Å². The third-order valence-electron chi connectivity index (χ3n) is 3.54. The number of aromatic nitrogens is 1. The van der Waals surface area contributed by atoms with E-state index < -0.39 is 0 Å². The van der Waals surface area contributed by atoms with Crippen molar-refractivity contribution < 1.29 is 0 Å². The van der Waals surface area contributed by atoms with Crippen LogP contribution < -0.4 is 5.73 Å². The Hall–Kier alpha value is -1.09. The van der Waals surface area contributed by atoms with Gasteiger partial charge in [-0.15, -0.1) is 24.0 Å². The fourth-order valence-corrected chi connectivity index (χ4v) is 2.55. The lowest BCUT2D eigenvalue weighted by Crippen LogP contribution is -2.10. The minimum absolute atomic E-state index is 0. The van der Waals surface area contributed by atoms with Crippen molar-refractivity contribution in [3.8, 4) is 11.1 Å². The lowest BCUT2D eigenvalue weighted by molar-refractivity contribution is 0.605. The molecular weight excluding hydrogens is 303 g/mol. The van der Waals surface area contributed by atoms with Gasteiger partial charge >= 0.3 is 0 Å². The second-order valence-electron chi connectivity index (χ2n) is 5.11. The number of unbranched alkanes of at least 4 members (excludes halogenated alkanes) is 1. The van der Waals surface area contributed by atoms with Crippen LogP contribution in [-0.2, 0) is 0 Å². The average molecular weight is 325 g/mol. The van der Waals surface area contributed by atoms with Crippen molar-refractivity contribution in [2.45, 2.75) is 32.2 Å². The van der Waals surface area contributed by atoms with Gasteiger partial charge in [0.1, 0.15) is 0 Å². The monoisotopic (exact) mass is 324 g/mol. The smallest absolute Gasteiger partial charge is 0.0303 e. The molecule has 1 unspecified atom stereocenters. The molecule has 1 aromatic heterocycles. The number of nitrogens with two attached hydrogens (primary N) is 1. The summed E-state index contributed by atoms with van der Waals surface area (Å²) >= 11 is 5.71. The average Bonchev–Trinajstić information content (AvgIpc) is 2.48. The SMILES string of the molecule is Cc1cnccc1-c1cccc(C(N)CCCCCl)c1.Cl. The van der Waals surface area contributed by atoms with Gasteiger partial charge in [0.15, 0.2) is 0 Å². The number of aryl methyl sites for hydroxylation is 1. The summed E-state index contributed by atoms with van der Waals surface area (Å²) in [5.41, 5.74) is 11.1. The molecule has 114 valence electrons. The molecule has 0 radical (unpaired) electrons. The molecular formula is C17H22Cl2N2. The van der Waals surface area contributed by atoms with Crippen LogP contribution in [0.25, 0.3) is 11.1 Å². The summed E-state index contributed by atoms with van der Waals surface area (Å²) in [6.45, 7) is 2.08. The lowest BCUT2D eigenvalue weighted by Gasteiger charge is -2.14. The number of benzene rings is 1. The van der Waals surface area contributed by atoms with Crippen LogP contribution in [0.15, 0.2) is 42.7 Å². The Bertz CT molecular complexity index is 558. The maximum atomic E-state index is 6.27. The quantitative estimate of drug-likeness (QED) is 0.607. The highest BCUT2D eigenvalue weighted by Gasteiger charge is 2.08. The zero-order chi connectivity index (χ0) is 14.4. The summed E-state index contributed by atoms with van der Waals surface area (Å²) in [4.78, 5) is 4.14. The normalized spacial score (nSPS) is 11.8. The van der Waals surface area contributed by atoms with Crippen LogP contribution in [-0.4, -0.2) is 10.9 Å². The molecule has 1 heterocycles. The summed E-state index contributed by atoms with van der Waals surface area (Å²) in [6, 6.07) is 10.6. The Kier molecular flexibility index (Phi) is 7.73. The number of hydrogen-bond acceptors (Lipinski definition) is 2. The fourth-order valence-electron chi connectivity index (χ4n) is 2.36. The molecule has 2 aromatic rings. The zero-order valence-electron chi connectivity index (χ0n) is 12.3. The Morgan fingerprint density at radius 2 is 2.05 bits per heavy atom. The number of pyridine rings is 1. The molecule has 4 heteroatoms. The van der Waals surface area contributed by atoms with Gasteiger partial charge in [0.05, 0.1) is 0 Å². The number of nitrogens with zero attached hydrogens (tertiary/aromatic N) is 1. The topological polar surface area (TPSA) is 38.9 Å². The maximum Gasteiger partial charge on any atom is 0.0303 e. The second kappa shape index (κ2) is 9.04. The number of halogens is 2. The van der Waals surface area contributed by atoms with E-state index >= 15 is 0 Å². The predicted octanol–water partition coefficient (Wildman–Crippen LogP) is 4.89. The fraction of sp³-hybridized carbons (Fsp3) is 0.353. The van der Waals surface area contributed by atoms with E-state index in [1.165, 1.54) is 22.3 Å². The molecule has 0 amide bonds. The van der Waals surface area contributed by atoms with Gasteiger partial charge in [-0.3, -0.25) is 4.98 Å². The Labute approximate surface area is 138 Å². The maximum absolute atomic E-state index is 6.27. The third kappa shape index (κ3) is 4.99. The first-order valence-corrected chi connectivity index (χ1v) is 7.58. The highest BCUT2D eigenvalue weighted by molar-refractivity contribution is 6.17. The van der Waals surface area contributed by atoms with Gasteiger partial charge < -0.3 is 5.73 Å². The molecule has 0 saturated carbocycles. The Morgan fingerprint density at radius 1 is 1.24 bits per heavy atom. The molecule has 0 fully saturated rings. The molecule has 1 aromatic carbocycles. The van der Waals surface area contributed by atoms with Crippen LogP contribution in [0.4, 0.5) is 0 Å². The molecule has 2 N–H and O–H groups in total. The van der Waals surface area contributed by atoms with Gasteiger partial charge in [0.2, 0.25) is 0 Å². The van der Waals surface area contributed by atoms with Crippen LogP contribution in [0, 0.1) is 6.92 Å². The second-order valence-corrected chi connectivity index (χ2v) is 5.49. The summed E-state index contributed by atoms with van der Waals surface area (Å²) < 4.78 is 0. The van der Waals surface area contributed by atoms with Crippen molar-refractivity contribution in [3.05, 3.63) is 53.9 Å². The molecule has 0 aliphatic rings. The van der Waals surface area contributed by atoms with E-state index in [9.17, 15) is 0 Å². The van der Waals surface area contributed by atoms with Crippen molar-refractivity contribution in [2.75, 3.05) is 5.88 Å². The van der Waals surface area contributed by atoms with E-state index in [0.717, 1.165) is 19.3 Å². The van der Waals surface area contributed by atoms with Crippen molar-refractivity contribution in [2.24, 2.45) is 5.73 Å². The van der Waals surface area contributed by atoms with E-state index in [-0.39, 0.29) is 18.4 Å². The first-order valence-electron chi connectivity index (χ1n) is 7.05. The van der Waals surface area contributed by atoms with E-state index in [2.05, 4.69) is 36.2 Å². The Morgan fingerprint density at radius 3 is 2.76 bits per heavy atom. The van der Waals surface area contributed by atoms with Gasteiger partial charge in [-0.25, -0.2) is 0 Å². The molecule has 0 saturated heterocycles. The van der Waals surface area contributed by atoms with Gasteiger partial charge in [-0.2, -0.15) is 0 Å². The van der Waals surface area contributed by atoms with Gasteiger partial charge in [-0.05, 0) is 54.2 Å². The molecule has 21 heavy (non-hydrogen) atoms. The van der Waals surface area contributed by atoms with E-state index in [0.29, 0.717) is 5.88 Å². The summed E-state index contributed by atoms with van der Waals surface area (Å²) in [5, 5.41) is 0. The molecule has 0 aliphatic heterocycles. The molecule has 1 atom stereocenters. The first kappa shape index (κ1) is 18.0. The summed E-state index contributed by atoms with van der Waals surface area (Å²) in [7, 11) is 0. The molecule has 2 nitrogen and oxygen atoms in total. The highest BCUT2D eigenvalue weighted by atomic mass is 35.5. The number of alkyl halides is 1. The van der Waals surface area contributed by atoms with E-state index in [1.807, 2.05) is 18.5 Å². The van der Waals surface area contributed by atoms with E-state index in [1.54, 1.807) is 0 Å². The van der Waals surface area contributed by atoms with Crippen molar-refractivity contribution >= 4 is 24.0 Å². The number of rotatable bonds is 6. The standard InChI is InChI=1S/C17H21ClN2.ClH/c1-13-12-20-10-8-16(13)14-5-4-6-15(11-14)17(19)7-2-3-9-18;/h4-6,8,10-12,17H,2-3,7,9,19H2,1H3;1H. The van der Waals surface area contributed by atoms with Crippen molar-refractivity contribution in [3.63, 3.8) is 0 Å². The van der Waals surface area contributed by atoms with Gasteiger partial charge in [0, 0.05) is 24.3 Å².